The third-order valence-electron chi connectivity index (χ3n) is 1.80. The van der Waals surface area contributed by atoms with Gasteiger partial charge in [-0.3, -0.25) is 9.63 Å². The van der Waals surface area contributed by atoms with Crippen molar-refractivity contribution in [1.82, 2.24) is 5.06 Å². The molecule has 0 radical (unpaired) electrons. The molecule has 1 amide bonds. The third kappa shape index (κ3) is 4.31. The van der Waals surface area contributed by atoms with Crippen LogP contribution in [0.1, 0.15) is 26.3 Å². The molecule has 0 bridgehead atoms. The lowest BCUT2D eigenvalue weighted by molar-refractivity contribution is -0.220. The summed E-state index contributed by atoms with van der Waals surface area (Å²) in [4.78, 5) is 16.3. The molecule has 0 aromatic heterocycles. The zero-order valence-corrected chi connectivity index (χ0v) is 9.93. The standard InChI is InChI=1S/C12H18N2O2/c1-12(2,3)16-14(9-15)8-10-5-4-6-11(13)7-10/h4-7,9H,8,13H2,1-3H3. The lowest BCUT2D eigenvalue weighted by Gasteiger charge is -2.26. The number of nitrogen functional groups attached to an aromatic ring is 1. The first-order valence-electron chi connectivity index (χ1n) is 5.16. The molecule has 1 aromatic carbocycles. The van der Waals surface area contributed by atoms with Crippen molar-refractivity contribution in [2.75, 3.05) is 5.73 Å². The molecule has 0 aliphatic carbocycles. The van der Waals surface area contributed by atoms with Gasteiger partial charge < -0.3 is 5.73 Å². The van der Waals surface area contributed by atoms with E-state index in [1.807, 2.05) is 39.0 Å². The largest absolute Gasteiger partial charge is 0.399 e. The Morgan fingerprint density at radius 1 is 1.44 bits per heavy atom. The predicted octanol–water partition coefficient (Wildman–Crippen LogP) is 1.96. The second kappa shape index (κ2) is 4.99. The number of anilines is 1. The molecule has 0 aliphatic heterocycles. The first kappa shape index (κ1) is 12.5. The van der Waals surface area contributed by atoms with Crippen molar-refractivity contribution in [3.8, 4) is 0 Å². The topological polar surface area (TPSA) is 55.6 Å². The number of nitrogens with zero attached hydrogens (tertiary/aromatic N) is 1. The van der Waals surface area contributed by atoms with Gasteiger partial charge >= 0.3 is 0 Å². The first-order chi connectivity index (χ1) is 7.40. The third-order valence-corrected chi connectivity index (χ3v) is 1.80. The molecule has 4 nitrogen and oxygen atoms in total. The number of rotatable bonds is 4. The molecule has 0 fully saturated rings. The van der Waals surface area contributed by atoms with E-state index >= 15 is 0 Å². The number of carbonyl (C=O) groups is 1. The normalized spacial score (nSPS) is 11.2. The average Bonchev–Trinajstić information content (AvgIpc) is 2.14. The molecule has 16 heavy (non-hydrogen) atoms. The fourth-order valence-corrected chi connectivity index (χ4v) is 1.31. The minimum atomic E-state index is -0.388. The van der Waals surface area contributed by atoms with Crippen LogP contribution in [0, 0.1) is 0 Å². The fraction of sp³-hybridized carbons (Fsp3) is 0.417. The second-order valence-electron chi connectivity index (χ2n) is 4.63. The highest BCUT2D eigenvalue weighted by Crippen LogP contribution is 2.13. The van der Waals surface area contributed by atoms with Crippen molar-refractivity contribution in [2.45, 2.75) is 32.9 Å². The monoisotopic (exact) mass is 222 g/mol. The summed E-state index contributed by atoms with van der Waals surface area (Å²) >= 11 is 0. The average molecular weight is 222 g/mol. The second-order valence-corrected chi connectivity index (χ2v) is 4.63. The van der Waals surface area contributed by atoms with Crippen LogP contribution >= 0.6 is 0 Å². The molecule has 0 unspecified atom stereocenters. The lowest BCUT2D eigenvalue weighted by Crippen LogP contribution is -2.32. The van der Waals surface area contributed by atoms with Gasteiger partial charge in [0.15, 0.2) is 0 Å². The Bertz CT molecular complexity index is 358. The van der Waals surface area contributed by atoms with E-state index in [9.17, 15) is 4.79 Å². The maximum atomic E-state index is 10.8. The minimum Gasteiger partial charge on any atom is -0.399 e. The molecule has 2 N–H and O–H groups in total. The van der Waals surface area contributed by atoms with Gasteiger partial charge in [-0.15, -0.1) is 0 Å². The smallest absolute Gasteiger partial charge is 0.233 e. The van der Waals surface area contributed by atoms with E-state index in [4.69, 9.17) is 10.6 Å². The molecule has 1 rings (SSSR count). The van der Waals surface area contributed by atoms with Crippen LogP contribution in [0.3, 0.4) is 0 Å². The summed E-state index contributed by atoms with van der Waals surface area (Å²) < 4.78 is 0. The van der Waals surface area contributed by atoms with Crippen LogP contribution in [0.25, 0.3) is 0 Å². The van der Waals surface area contributed by atoms with Crippen molar-refractivity contribution in [1.29, 1.82) is 0 Å². The van der Waals surface area contributed by atoms with Crippen LogP contribution in [0.15, 0.2) is 24.3 Å². The Morgan fingerprint density at radius 2 is 2.12 bits per heavy atom. The Kier molecular flexibility index (Phi) is 3.90. The van der Waals surface area contributed by atoms with Crippen molar-refractivity contribution < 1.29 is 9.63 Å². The van der Waals surface area contributed by atoms with Gasteiger partial charge in [-0.05, 0) is 38.5 Å². The molecule has 0 atom stereocenters. The van der Waals surface area contributed by atoms with Gasteiger partial charge in [0.2, 0.25) is 6.41 Å². The Hall–Kier alpha value is -1.55. The van der Waals surface area contributed by atoms with Crippen LogP contribution in [-0.2, 0) is 16.2 Å². The van der Waals surface area contributed by atoms with E-state index in [0.717, 1.165) is 5.56 Å². The van der Waals surface area contributed by atoms with E-state index < -0.39 is 0 Å². The zero-order chi connectivity index (χ0) is 12.2. The van der Waals surface area contributed by atoms with Crippen molar-refractivity contribution in [3.05, 3.63) is 29.8 Å². The molecular formula is C12H18N2O2. The summed E-state index contributed by atoms with van der Waals surface area (Å²) in [7, 11) is 0. The van der Waals surface area contributed by atoms with Gasteiger partial charge in [-0.25, -0.2) is 5.06 Å². The van der Waals surface area contributed by atoms with Crippen LogP contribution in [0.5, 0.6) is 0 Å². The zero-order valence-electron chi connectivity index (χ0n) is 9.93. The van der Waals surface area contributed by atoms with Gasteiger partial charge in [0.05, 0.1) is 12.1 Å². The Labute approximate surface area is 95.9 Å². The molecule has 1 aromatic rings. The van der Waals surface area contributed by atoms with Crippen molar-refractivity contribution in [3.63, 3.8) is 0 Å². The quantitative estimate of drug-likeness (QED) is 0.481. The molecule has 4 heteroatoms. The first-order valence-corrected chi connectivity index (χ1v) is 5.16. The lowest BCUT2D eigenvalue weighted by atomic mass is 10.2. The van der Waals surface area contributed by atoms with Crippen LogP contribution < -0.4 is 5.73 Å². The summed E-state index contributed by atoms with van der Waals surface area (Å²) in [6.45, 7) is 6.07. The van der Waals surface area contributed by atoms with Gasteiger partial charge in [0, 0.05) is 5.69 Å². The summed E-state index contributed by atoms with van der Waals surface area (Å²) in [5.74, 6) is 0. The highest BCUT2D eigenvalue weighted by molar-refractivity contribution is 5.47. The molecule has 0 saturated heterocycles. The number of nitrogens with two attached hydrogens (primary N) is 1. The fourth-order valence-electron chi connectivity index (χ4n) is 1.31. The summed E-state index contributed by atoms with van der Waals surface area (Å²) in [6.07, 6.45) is 0.675. The maximum Gasteiger partial charge on any atom is 0.233 e. The van der Waals surface area contributed by atoms with Gasteiger partial charge in [0.25, 0.3) is 0 Å². The summed E-state index contributed by atoms with van der Waals surface area (Å²) in [5.41, 5.74) is 6.89. The molecule has 0 aliphatic rings. The Balaban J connectivity index is 2.67. The molecular weight excluding hydrogens is 204 g/mol. The van der Waals surface area contributed by atoms with Crippen LogP contribution in [-0.4, -0.2) is 17.1 Å². The van der Waals surface area contributed by atoms with Gasteiger partial charge in [-0.1, -0.05) is 12.1 Å². The number of hydroxylamine groups is 2. The molecule has 0 saturated carbocycles. The number of benzene rings is 1. The van der Waals surface area contributed by atoms with E-state index in [0.29, 0.717) is 18.6 Å². The van der Waals surface area contributed by atoms with E-state index in [2.05, 4.69) is 0 Å². The number of carbonyl (C=O) groups excluding carboxylic acids is 1. The molecule has 0 heterocycles. The van der Waals surface area contributed by atoms with E-state index in [1.165, 1.54) is 5.06 Å². The van der Waals surface area contributed by atoms with Crippen molar-refractivity contribution >= 4 is 12.1 Å². The number of amides is 1. The van der Waals surface area contributed by atoms with Crippen molar-refractivity contribution in [2.24, 2.45) is 0 Å². The summed E-state index contributed by atoms with van der Waals surface area (Å²) in [6, 6.07) is 7.38. The van der Waals surface area contributed by atoms with E-state index in [1.54, 1.807) is 6.07 Å². The summed E-state index contributed by atoms with van der Waals surface area (Å²) in [5, 5.41) is 1.27. The highest BCUT2D eigenvalue weighted by Gasteiger charge is 2.16. The molecule has 88 valence electrons. The minimum absolute atomic E-state index is 0.388. The van der Waals surface area contributed by atoms with E-state index in [-0.39, 0.29) is 5.60 Å². The SMILES string of the molecule is CC(C)(C)ON(C=O)Cc1cccc(N)c1. The van der Waals surface area contributed by atoms with Crippen LogP contribution in [0.2, 0.25) is 0 Å². The van der Waals surface area contributed by atoms with Crippen LogP contribution in [0.4, 0.5) is 5.69 Å². The Morgan fingerprint density at radius 3 is 2.62 bits per heavy atom. The number of hydrogen-bond acceptors (Lipinski definition) is 3. The van der Waals surface area contributed by atoms with Gasteiger partial charge in [-0.2, -0.15) is 0 Å². The predicted molar refractivity (Wildman–Crippen MR) is 63.3 cm³/mol. The molecule has 0 spiro atoms. The number of hydrogen-bond donors (Lipinski definition) is 1. The highest BCUT2D eigenvalue weighted by atomic mass is 16.7. The van der Waals surface area contributed by atoms with Gasteiger partial charge in [0.1, 0.15) is 0 Å². The maximum absolute atomic E-state index is 10.8.